The predicted molar refractivity (Wildman–Crippen MR) is 124 cm³/mol. The fourth-order valence-corrected chi connectivity index (χ4v) is 4.37. The number of fused-ring (bicyclic) bond motifs is 1. The standard InChI is InChI=1S/C22H27N3O2S.ClH/c1-3-24-9-11-25(12-10-24)22-19-8-13-28-21(19)14-20(23-22)17-4-6-18(7-5-17)27-15-16(2)26;/h4-8,13-14,16,26H,3,9-12,15H2,1-2H3;1H. The van der Waals surface area contributed by atoms with Crippen molar-refractivity contribution in [3.63, 3.8) is 0 Å². The Morgan fingerprint density at radius 1 is 1.14 bits per heavy atom. The highest BCUT2D eigenvalue weighted by Crippen LogP contribution is 2.34. The van der Waals surface area contributed by atoms with Crippen LogP contribution in [0.4, 0.5) is 5.82 Å². The van der Waals surface area contributed by atoms with E-state index in [2.05, 4.69) is 34.2 Å². The third-order valence-corrected chi connectivity index (χ3v) is 6.05. The van der Waals surface area contributed by atoms with E-state index in [1.807, 2.05) is 24.3 Å². The van der Waals surface area contributed by atoms with Crippen LogP contribution in [0.25, 0.3) is 21.3 Å². The molecule has 2 aromatic heterocycles. The summed E-state index contributed by atoms with van der Waals surface area (Å²) in [5, 5.41) is 12.8. The summed E-state index contributed by atoms with van der Waals surface area (Å²) in [7, 11) is 0. The van der Waals surface area contributed by atoms with Crippen molar-refractivity contribution in [2.24, 2.45) is 0 Å². The number of halogens is 1. The number of likely N-dealkylation sites (N-methyl/N-ethyl adjacent to an activating group) is 1. The first-order chi connectivity index (χ1) is 13.6. The number of rotatable bonds is 6. The van der Waals surface area contributed by atoms with Gasteiger partial charge < -0.3 is 19.6 Å². The molecule has 0 saturated carbocycles. The smallest absolute Gasteiger partial charge is 0.138 e. The lowest BCUT2D eigenvalue weighted by atomic mass is 10.1. The molecule has 0 amide bonds. The second-order valence-electron chi connectivity index (χ2n) is 7.27. The molecule has 3 heterocycles. The van der Waals surface area contributed by atoms with Crippen molar-refractivity contribution in [1.82, 2.24) is 9.88 Å². The number of nitrogens with zero attached hydrogens (tertiary/aromatic N) is 3. The lowest BCUT2D eigenvalue weighted by molar-refractivity contribution is 0.123. The number of ether oxygens (including phenoxy) is 1. The molecule has 1 N–H and O–H groups in total. The van der Waals surface area contributed by atoms with Gasteiger partial charge in [-0.15, -0.1) is 23.7 Å². The average molecular weight is 434 g/mol. The maximum absolute atomic E-state index is 9.37. The van der Waals surface area contributed by atoms with Crippen LogP contribution in [0.3, 0.4) is 0 Å². The number of pyridine rings is 1. The number of benzene rings is 1. The molecule has 1 aromatic carbocycles. The topological polar surface area (TPSA) is 48.8 Å². The number of aliphatic hydroxyl groups excluding tert-OH is 1. The highest BCUT2D eigenvalue weighted by Gasteiger charge is 2.20. The summed E-state index contributed by atoms with van der Waals surface area (Å²) in [5.74, 6) is 1.86. The maximum atomic E-state index is 9.37. The van der Waals surface area contributed by atoms with Gasteiger partial charge in [-0.05, 0) is 55.2 Å². The predicted octanol–water partition coefficient (Wildman–Crippen LogP) is 4.29. The van der Waals surface area contributed by atoms with Gasteiger partial charge in [0.2, 0.25) is 0 Å². The molecule has 7 heteroatoms. The zero-order valence-corrected chi connectivity index (χ0v) is 18.5. The summed E-state index contributed by atoms with van der Waals surface area (Å²) in [6.45, 7) is 9.55. The van der Waals surface area contributed by atoms with Crippen LogP contribution in [0.2, 0.25) is 0 Å². The zero-order valence-electron chi connectivity index (χ0n) is 16.9. The summed E-state index contributed by atoms with van der Waals surface area (Å²) in [5.41, 5.74) is 2.07. The SMILES string of the molecule is CCN1CCN(c2nc(-c3ccc(OCC(C)O)cc3)cc3sccc23)CC1.Cl. The fraction of sp³-hybridized carbons (Fsp3) is 0.409. The third-order valence-electron chi connectivity index (χ3n) is 5.19. The van der Waals surface area contributed by atoms with E-state index in [0.717, 1.165) is 55.5 Å². The largest absolute Gasteiger partial charge is 0.491 e. The van der Waals surface area contributed by atoms with E-state index in [0.29, 0.717) is 6.61 Å². The van der Waals surface area contributed by atoms with E-state index in [1.54, 1.807) is 18.3 Å². The van der Waals surface area contributed by atoms with Crippen LogP contribution in [0, 0.1) is 0 Å². The van der Waals surface area contributed by atoms with Gasteiger partial charge in [-0.2, -0.15) is 0 Å². The Labute approximate surface area is 182 Å². The van der Waals surface area contributed by atoms with Crippen LogP contribution >= 0.6 is 23.7 Å². The van der Waals surface area contributed by atoms with Gasteiger partial charge >= 0.3 is 0 Å². The molecule has 0 bridgehead atoms. The van der Waals surface area contributed by atoms with Crippen LogP contribution in [0.5, 0.6) is 5.75 Å². The molecule has 4 rings (SSSR count). The molecule has 0 aliphatic carbocycles. The number of hydrogen-bond donors (Lipinski definition) is 1. The van der Waals surface area contributed by atoms with E-state index >= 15 is 0 Å². The summed E-state index contributed by atoms with van der Waals surface area (Å²) < 4.78 is 6.85. The lowest BCUT2D eigenvalue weighted by Crippen LogP contribution is -2.46. The van der Waals surface area contributed by atoms with Gasteiger partial charge in [0.1, 0.15) is 18.2 Å². The lowest BCUT2D eigenvalue weighted by Gasteiger charge is -2.35. The van der Waals surface area contributed by atoms with Crippen molar-refractivity contribution in [3.8, 4) is 17.0 Å². The second kappa shape index (κ2) is 9.76. The molecule has 1 aliphatic heterocycles. The van der Waals surface area contributed by atoms with Crippen LogP contribution in [-0.2, 0) is 0 Å². The third kappa shape index (κ3) is 5.01. The summed E-state index contributed by atoms with van der Waals surface area (Å²) in [4.78, 5) is 9.96. The average Bonchev–Trinajstić information content (AvgIpc) is 3.21. The van der Waals surface area contributed by atoms with E-state index in [-0.39, 0.29) is 12.4 Å². The van der Waals surface area contributed by atoms with E-state index < -0.39 is 6.10 Å². The summed E-state index contributed by atoms with van der Waals surface area (Å²) >= 11 is 1.76. The Morgan fingerprint density at radius 2 is 1.86 bits per heavy atom. The number of thiophene rings is 1. The first kappa shape index (κ1) is 21.8. The molecule has 1 saturated heterocycles. The molecule has 1 fully saturated rings. The summed E-state index contributed by atoms with van der Waals surface area (Å²) in [6.07, 6.45) is -0.474. The van der Waals surface area contributed by atoms with Crippen LogP contribution in [0.15, 0.2) is 41.8 Å². The van der Waals surface area contributed by atoms with Gasteiger partial charge in [-0.25, -0.2) is 4.98 Å². The number of hydrogen-bond acceptors (Lipinski definition) is 6. The number of anilines is 1. The van der Waals surface area contributed by atoms with Gasteiger partial charge in [0.25, 0.3) is 0 Å². The first-order valence-corrected chi connectivity index (χ1v) is 10.8. The van der Waals surface area contributed by atoms with Crippen molar-refractivity contribution >= 4 is 39.6 Å². The van der Waals surface area contributed by atoms with Crippen molar-refractivity contribution in [1.29, 1.82) is 0 Å². The Hall–Kier alpha value is -1.86. The molecule has 0 radical (unpaired) electrons. The minimum atomic E-state index is -0.474. The Morgan fingerprint density at radius 3 is 2.52 bits per heavy atom. The minimum absolute atomic E-state index is 0. The highest BCUT2D eigenvalue weighted by molar-refractivity contribution is 7.17. The molecule has 29 heavy (non-hydrogen) atoms. The quantitative estimate of drug-likeness (QED) is 0.628. The number of aromatic nitrogens is 1. The van der Waals surface area contributed by atoms with Gasteiger partial charge in [-0.1, -0.05) is 6.92 Å². The van der Waals surface area contributed by atoms with Crippen molar-refractivity contribution in [2.45, 2.75) is 20.0 Å². The molecule has 3 aromatic rings. The molecule has 1 aliphatic rings. The molecule has 156 valence electrons. The molecule has 0 spiro atoms. The van der Waals surface area contributed by atoms with Crippen molar-refractivity contribution in [3.05, 3.63) is 41.8 Å². The Kier molecular flexibility index (Phi) is 7.35. The van der Waals surface area contributed by atoms with Gasteiger partial charge in [0, 0.05) is 41.8 Å². The van der Waals surface area contributed by atoms with E-state index in [9.17, 15) is 5.11 Å². The molecule has 1 unspecified atom stereocenters. The van der Waals surface area contributed by atoms with Crippen molar-refractivity contribution in [2.75, 3.05) is 44.2 Å². The molecular weight excluding hydrogens is 406 g/mol. The Bertz CT molecular complexity index is 921. The number of aliphatic hydroxyl groups is 1. The van der Waals surface area contributed by atoms with Gasteiger partial charge in [0.05, 0.1) is 11.8 Å². The van der Waals surface area contributed by atoms with Gasteiger partial charge in [0.15, 0.2) is 0 Å². The second-order valence-corrected chi connectivity index (χ2v) is 8.22. The summed E-state index contributed by atoms with van der Waals surface area (Å²) in [6, 6.07) is 12.3. The number of piperazine rings is 1. The van der Waals surface area contributed by atoms with Crippen LogP contribution < -0.4 is 9.64 Å². The monoisotopic (exact) mass is 433 g/mol. The van der Waals surface area contributed by atoms with Crippen molar-refractivity contribution < 1.29 is 9.84 Å². The molecule has 1 atom stereocenters. The van der Waals surface area contributed by atoms with Crippen LogP contribution in [-0.4, -0.2) is 60.4 Å². The highest BCUT2D eigenvalue weighted by atomic mass is 35.5. The Balaban J connectivity index is 0.00000240. The maximum Gasteiger partial charge on any atom is 0.138 e. The van der Waals surface area contributed by atoms with E-state index in [1.165, 1.54) is 10.1 Å². The fourth-order valence-electron chi connectivity index (χ4n) is 3.55. The molecule has 5 nitrogen and oxygen atoms in total. The normalized spacial score (nSPS) is 15.9. The van der Waals surface area contributed by atoms with Crippen LogP contribution in [0.1, 0.15) is 13.8 Å². The minimum Gasteiger partial charge on any atom is -0.491 e. The molecular formula is C22H28ClN3O2S. The van der Waals surface area contributed by atoms with Gasteiger partial charge in [-0.3, -0.25) is 0 Å². The first-order valence-electron chi connectivity index (χ1n) is 9.91. The van der Waals surface area contributed by atoms with E-state index in [4.69, 9.17) is 9.72 Å². The zero-order chi connectivity index (χ0) is 19.5.